The lowest BCUT2D eigenvalue weighted by Crippen LogP contribution is -2.42. The van der Waals surface area contributed by atoms with Gasteiger partial charge in [0.15, 0.2) is 0 Å². The molecule has 0 bridgehead atoms. The molecule has 2 unspecified atom stereocenters. The van der Waals surface area contributed by atoms with E-state index >= 15 is 0 Å². The number of nitrogens with two attached hydrogens (primary N) is 1. The van der Waals surface area contributed by atoms with Gasteiger partial charge in [0, 0.05) is 31.4 Å². The Morgan fingerprint density at radius 1 is 1.44 bits per heavy atom. The van der Waals surface area contributed by atoms with Gasteiger partial charge < -0.3 is 10.6 Å². The zero-order chi connectivity index (χ0) is 13.1. The molecule has 0 spiro atoms. The molecule has 2 rings (SSSR count). The van der Waals surface area contributed by atoms with Gasteiger partial charge in [0.1, 0.15) is 0 Å². The zero-order valence-corrected chi connectivity index (χ0v) is 11.1. The molecule has 1 aliphatic rings. The third kappa shape index (κ3) is 2.88. The minimum atomic E-state index is 0.102. The van der Waals surface area contributed by atoms with Crippen LogP contribution in [-0.4, -0.2) is 28.9 Å². The van der Waals surface area contributed by atoms with Gasteiger partial charge in [-0.1, -0.05) is 13.8 Å². The summed E-state index contributed by atoms with van der Waals surface area (Å²) in [4.78, 5) is 18.5. The second-order valence-corrected chi connectivity index (χ2v) is 5.40. The highest BCUT2D eigenvalue weighted by molar-refractivity contribution is 5.94. The highest BCUT2D eigenvalue weighted by atomic mass is 16.2. The number of amides is 1. The summed E-state index contributed by atoms with van der Waals surface area (Å²) in [5.41, 5.74) is 7.02. The fourth-order valence-corrected chi connectivity index (χ4v) is 2.73. The minimum absolute atomic E-state index is 0.102. The molecule has 1 aliphatic heterocycles. The number of hydrogen-bond acceptors (Lipinski definition) is 3. The van der Waals surface area contributed by atoms with Crippen LogP contribution < -0.4 is 5.73 Å². The van der Waals surface area contributed by atoms with Crippen molar-refractivity contribution in [2.45, 2.75) is 26.8 Å². The van der Waals surface area contributed by atoms with Crippen LogP contribution in [0.25, 0.3) is 0 Å². The lowest BCUT2D eigenvalue weighted by atomic mass is 9.91. The summed E-state index contributed by atoms with van der Waals surface area (Å²) < 4.78 is 0. The lowest BCUT2D eigenvalue weighted by molar-refractivity contribution is 0.0623. The largest absolute Gasteiger partial charge is 0.338 e. The molecule has 4 heteroatoms. The lowest BCUT2D eigenvalue weighted by Gasteiger charge is -2.35. The van der Waals surface area contributed by atoms with E-state index in [1.165, 1.54) is 6.42 Å². The first-order valence-corrected chi connectivity index (χ1v) is 6.54. The molecule has 4 nitrogen and oxygen atoms in total. The average molecular weight is 247 g/mol. The molecule has 0 saturated carbocycles. The summed E-state index contributed by atoms with van der Waals surface area (Å²) in [5.74, 6) is 1.26. The van der Waals surface area contributed by atoms with Crippen LogP contribution in [0.15, 0.2) is 18.3 Å². The Morgan fingerprint density at radius 2 is 2.11 bits per heavy atom. The van der Waals surface area contributed by atoms with Crippen molar-refractivity contribution in [2.75, 3.05) is 13.1 Å². The molecule has 1 aromatic rings. The minimum Gasteiger partial charge on any atom is -0.338 e. The van der Waals surface area contributed by atoms with Crippen molar-refractivity contribution < 1.29 is 4.79 Å². The fraction of sp³-hybridized carbons (Fsp3) is 0.571. The number of pyridine rings is 1. The quantitative estimate of drug-likeness (QED) is 0.864. The number of piperidine rings is 1. The Hall–Kier alpha value is -1.42. The molecular formula is C14H21N3O. The molecule has 1 amide bonds. The third-order valence-electron chi connectivity index (χ3n) is 3.43. The van der Waals surface area contributed by atoms with Gasteiger partial charge in [-0.15, -0.1) is 0 Å². The predicted molar refractivity (Wildman–Crippen MR) is 71.0 cm³/mol. The van der Waals surface area contributed by atoms with Crippen LogP contribution in [0.1, 0.15) is 36.3 Å². The van der Waals surface area contributed by atoms with Gasteiger partial charge in [0.2, 0.25) is 0 Å². The standard InChI is InChI=1S/C14H21N3O/c1-10-5-11(2)9-17(8-10)14(18)12-3-4-16-13(6-12)7-15/h3-4,6,10-11H,5,7-9,15H2,1-2H3. The van der Waals surface area contributed by atoms with Crippen molar-refractivity contribution >= 4 is 5.91 Å². The second-order valence-electron chi connectivity index (χ2n) is 5.40. The number of hydrogen-bond donors (Lipinski definition) is 1. The summed E-state index contributed by atoms with van der Waals surface area (Å²) in [6.45, 7) is 6.47. The number of carbonyl (C=O) groups is 1. The van der Waals surface area contributed by atoms with E-state index in [4.69, 9.17) is 5.73 Å². The molecule has 0 aliphatic carbocycles. The molecule has 2 atom stereocenters. The molecule has 0 radical (unpaired) electrons. The van der Waals surface area contributed by atoms with Gasteiger partial charge in [0.25, 0.3) is 5.91 Å². The average Bonchev–Trinajstić information content (AvgIpc) is 2.37. The highest BCUT2D eigenvalue weighted by Crippen LogP contribution is 2.22. The highest BCUT2D eigenvalue weighted by Gasteiger charge is 2.26. The number of carbonyl (C=O) groups excluding carboxylic acids is 1. The van der Waals surface area contributed by atoms with E-state index in [0.29, 0.717) is 23.9 Å². The monoisotopic (exact) mass is 247 g/mol. The van der Waals surface area contributed by atoms with Crippen molar-refractivity contribution in [1.82, 2.24) is 9.88 Å². The normalized spacial score (nSPS) is 24.1. The van der Waals surface area contributed by atoms with Gasteiger partial charge in [-0.3, -0.25) is 9.78 Å². The number of rotatable bonds is 2. The van der Waals surface area contributed by atoms with Crippen LogP contribution in [-0.2, 0) is 6.54 Å². The van der Waals surface area contributed by atoms with E-state index in [1.54, 1.807) is 18.3 Å². The number of nitrogens with zero attached hydrogens (tertiary/aromatic N) is 2. The Kier molecular flexibility index (Phi) is 3.97. The first kappa shape index (κ1) is 13.0. The van der Waals surface area contributed by atoms with Crippen molar-refractivity contribution in [3.8, 4) is 0 Å². The van der Waals surface area contributed by atoms with E-state index in [0.717, 1.165) is 18.8 Å². The van der Waals surface area contributed by atoms with Crippen LogP contribution >= 0.6 is 0 Å². The Balaban J connectivity index is 2.14. The van der Waals surface area contributed by atoms with Crippen LogP contribution in [0, 0.1) is 11.8 Å². The number of likely N-dealkylation sites (tertiary alicyclic amines) is 1. The Morgan fingerprint density at radius 3 is 2.72 bits per heavy atom. The van der Waals surface area contributed by atoms with Crippen molar-refractivity contribution in [2.24, 2.45) is 17.6 Å². The van der Waals surface area contributed by atoms with Gasteiger partial charge >= 0.3 is 0 Å². The van der Waals surface area contributed by atoms with Crippen molar-refractivity contribution in [1.29, 1.82) is 0 Å². The van der Waals surface area contributed by atoms with Gasteiger partial charge in [0.05, 0.1) is 5.69 Å². The van der Waals surface area contributed by atoms with Gasteiger partial charge in [-0.25, -0.2) is 0 Å². The second kappa shape index (κ2) is 5.48. The smallest absolute Gasteiger partial charge is 0.253 e. The van der Waals surface area contributed by atoms with Crippen LogP contribution in [0.2, 0.25) is 0 Å². The summed E-state index contributed by atoms with van der Waals surface area (Å²) >= 11 is 0. The third-order valence-corrected chi connectivity index (χ3v) is 3.43. The van der Waals surface area contributed by atoms with Crippen molar-refractivity contribution in [3.63, 3.8) is 0 Å². The van der Waals surface area contributed by atoms with E-state index < -0.39 is 0 Å². The Bertz CT molecular complexity index is 423. The molecule has 98 valence electrons. The summed E-state index contributed by atoms with van der Waals surface area (Å²) in [7, 11) is 0. The van der Waals surface area contributed by atoms with Crippen LogP contribution in [0.3, 0.4) is 0 Å². The first-order chi connectivity index (χ1) is 8.60. The van der Waals surface area contributed by atoms with Gasteiger partial charge in [-0.05, 0) is 30.4 Å². The first-order valence-electron chi connectivity index (χ1n) is 6.54. The maximum absolute atomic E-state index is 12.4. The Labute approximate surface area is 108 Å². The molecule has 18 heavy (non-hydrogen) atoms. The molecule has 1 fully saturated rings. The SMILES string of the molecule is CC1CC(C)CN(C(=O)c2ccnc(CN)c2)C1. The molecule has 1 aromatic heterocycles. The van der Waals surface area contributed by atoms with Crippen LogP contribution in [0.5, 0.6) is 0 Å². The summed E-state index contributed by atoms with van der Waals surface area (Å²) in [6, 6.07) is 3.57. The maximum Gasteiger partial charge on any atom is 0.253 e. The van der Waals surface area contributed by atoms with E-state index in [9.17, 15) is 4.79 Å². The van der Waals surface area contributed by atoms with E-state index in [-0.39, 0.29) is 5.91 Å². The van der Waals surface area contributed by atoms with Crippen molar-refractivity contribution in [3.05, 3.63) is 29.6 Å². The summed E-state index contributed by atoms with van der Waals surface area (Å²) in [5, 5.41) is 0. The number of aromatic nitrogens is 1. The van der Waals surface area contributed by atoms with E-state index in [1.807, 2.05) is 4.90 Å². The topological polar surface area (TPSA) is 59.2 Å². The fourth-order valence-electron chi connectivity index (χ4n) is 2.73. The zero-order valence-electron chi connectivity index (χ0n) is 11.1. The maximum atomic E-state index is 12.4. The summed E-state index contributed by atoms with van der Waals surface area (Å²) in [6.07, 6.45) is 2.86. The molecule has 2 heterocycles. The molecule has 1 saturated heterocycles. The van der Waals surface area contributed by atoms with Crippen LogP contribution in [0.4, 0.5) is 0 Å². The molecular weight excluding hydrogens is 226 g/mol. The molecule has 2 N–H and O–H groups in total. The van der Waals surface area contributed by atoms with E-state index in [2.05, 4.69) is 18.8 Å². The predicted octanol–water partition coefficient (Wildman–Crippen LogP) is 1.66. The molecule has 0 aromatic carbocycles. The van der Waals surface area contributed by atoms with Gasteiger partial charge in [-0.2, -0.15) is 0 Å².